The van der Waals surface area contributed by atoms with Crippen molar-refractivity contribution in [2.45, 2.75) is 32.2 Å². The summed E-state index contributed by atoms with van der Waals surface area (Å²) >= 11 is 0. The fraction of sp³-hybridized carbons (Fsp3) is 0.600. The van der Waals surface area contributed by atoms with Crippen molar-refractivity contribution in [1.82, 2.24) is 10.2 Å². The Morgan fingerprint density at radius 3 is 2.30 bits per heavy atom. The summed E-state index contributed by atoms with van der Waals surface area (Å²) in [4.78, 5) is 2.22. The molecule has 1 fully saturated rings. The molecule has 2 nitrogen and oxygen atoms in total. The number of halogens is 3. The molecule has 1 atom stereocenters. The first-order valence-electron chi connectivity index (χ1n) is 7.22. The maximum Gasteiger partial charge on any atom is 0.194 e. The van der Waals surface area contributed by atoms with E-state index in [1.54, 1.807) is 0 Å². The van der Waals surface area contributed by atoms with Gasteiger partial charge in [0.1, 0.15) is 0 Å². The van der Waals surface area contributed by atoms with E-state index in [4.69, 9.17) is 0 Å². The van der Waals surface area contributed by atoms with Crippen LogP contribution in [-0.4, -0.2) is 31.1 Å². The minimum Gasteiger partial charge on any atom is -0.314 e. The van der Waals surface area contributed by atoms with Gasteiger partial charge in [0.2, 0.25) is 0 Å². The molecule has 0 bridgehead atoms. The fourth-order valence-corrected chi connectivity index (χ4v) is 2.72. The molecule has 5 heteroatoms. The van der Waals surface area contributed by atoms with Crippen LogP contribution in [0.5, 0.6) is 0 Å². The van der Waals surface area contributed by atoms with Crippen LogP contribution in [0.2, 0.25) is 0 Å². The van der Waals surface area contributed by atoms with Crippen molar-refractivity contribution in [3.8, 4) is 0 Å². The van der Waals surface area contributed by atoms with Gasteiger partial charge in [-0.1, -0.05) is 19.8 Å². The second-order valence-electron chi connectivity index (χ2n) is 5.24. The third-order valence-corrected chi connectivity index (χ3v) is 3.81. The van der Waals surface area contributed by atoms with Crippen molar-refractivity contribution < 1.29 is 13.2 Å². The lowest BCUT2D eigenvalue weighted by Crippen LogP contribution is -2.45. The van der Waals surface area contributed by atoms with Gasteiger partial charge in [-0.15, -0.1) is 0 Å². The molecule has 1 aromatic carbocycles. The second-order valence-corrected chi connectivity index (χ2v) is 5.24. The SMILES string of the molecule is CCCC[C@H](c1cc(F)c(F)c(F)c1)N1CCNCC1. The van der Waals surface area contributed by atoms with E-state index in [1.807, 2.05) is 0 Å². The lowest BCUT2D eigenvalue weighted by Gasteiger charge is -2.35. The van der Waals surface area contributed by atoms with Crippen LogP contribution in [0.4, 0.5) is 13.2 Å². The Morgan fingerprint density at radius 2 is 1.75 bits per heavy atom. The summed E-state index contributed by atoms with van der Waals surface area (Å²) in [7, 11) is 0. The van der Waals surface area contributed by atoms with Crippen LogP contribution >= 0.6 is 0 Å². The molecule has 1 aliphatic heterocycles. The highest BCUT2D eigenvalue weighted by molar-refractivity contribution is 5.23. The summed E-state index contributed by atoms with van der Waals surface area (Å²) in [6, 6.07) is 2.24. The average Bonchev–Trinajstić information content (AvgIpc) is 2.46. The van der Waals surface area contributed by atoms with Crippen LogP contribution in [-0.2, 0) is 0 Å². The van der Waals surface area contributed by atoms with E-state index < -0.39 is 17.5 Å². The van der Waals surface area contributed by atoms with Gasteiger partial charge in [-0.05, 0) is 24.1 Å². The first-order chi connectivity index (χ1) is 9.63. The minimum atomic E-state index is -1.39. The van der Waals surface area contributed by atoms with E-state index in [2.05, 4.69) is 17.1 Å². The molecular formula is C15H21F3N2. The van der Waals surface area contributed by atoms with Crippen molar-refractivity contribution in [3.05, 3.63) is 35.1 Å². The number of benzene rings is 1. The van der Waals surface area contributed by atoms with Crippen LogP contribution in [0.3, 0.4) is 0 Å². The number of rotatable bonds is 5. The van der Waals surface area contributed by atoms with Crippen LogP contribution in [0.25, 0.3) is 0 Å². The Labute approximate surface area is 118 Å². The topological polar surface area (TPSA) is 15.3 Å². The lowest BCUT2D eigenvalue weighted by atomic mass is 9.98. The van der Waals surface area contributed by atoms with Crippen LogP contribution in [0, 0.1) is 17.5 Å². The molecular weight excluding hydrogens is 265 g/mol. The monoisotopic (exact) mass is 286 g/mol. The van der Waals surface area contributed by atoms with Gasteiger partial charge in [-0.3, -0.25) is 4.90 Å². The molecule has 20 heavy (non-hydrogen) atoms. The Hall–Kier alpha value is -1.07. The minimum absolute atomic E-state index is 0.0401. The first kappa shape index (κ1) is 15.3. The molecule has 1 saturated heterocycles. The Morgan fingerprint density at radius 1 is 1.15 bits per heavy atom. The van der Waals surface area contributed by atoms with Crippen LogP contribution < -0.4 is 5.32 Å². The molecule has 1 aliphatic rings. The normalized spacial score (nSPS) is 18.2. The van der Waals surface area contributed by atoms with Crippen molar-refractivity contribution >= 4 is 0 Å². The summed E-state index contributed by atoms with van der Waals surface area (Å²) in [5, 5.41) is 3.26. The van der Waals surface area contributed by atoms with Crippen molar-refractivity contribution in [1.29, 1.82) is 0 Å². The molecule has 1 N–H and O–H groups in total. The zero-order chi connectivity index (χ0) is 14.5. The molecule has 0 spiro atoms. The van der Waals surface area contributed by atoms with Crippen LogP contribution in [0.1, 0.15) is 37.8 Å². The standard InChI is InChI=1S/C15H21F3N2/c1-2-3-4-14(20-7-5-19-6-8-20)11-9-12(16)15(18)13(17)10-11/h9-10,14,19H,2-8H2,1H3/t14-/m1/s1. The highest BCUT2D eigenvalue weighted by Gasteiger charge is 2.24. The van der Waals surface area contributed by atoms with Crippen LogP contribution in [0.15, 0.2) is 12.1 Å². The summed E-state index contributed by atoms with van der Waals surface area (Å²) in [5.41, 5.74) is 0.539. The van der Waals surface area contributed by atoms with Gasteiger partial charge >= 0.3 is 0 Å². The first-order valence-corrected chi connectivity index (χ1v) is 7.22. The predicted molar refractivity (Wildman–Crippen MR) is 73.0 cm³/mol. The highest BCUT2D eigenvalue weighted by Crippen LogP contribution is 2.29. The Kier molecular flexibility index (Phi) is 5.43. The summed E-state index contributed by atoms with van der Waals surface area (Å²) < 4.78 is 40.0. The van der Waals surface area contributed by atoms with Crippen molar-refractivity contribution in [2.75, 3.05) is 26.2 Å². The predicted octanol–water partition coefficient (Wildman–Crippen LogP) is 3.24. The molecule has 0 aromatic heterocycles. The maximum atomic E-state index is 13.4. The molecule has 0 aliphatic carbocycles. The average molecular weight is 286 g/mol. The smallest absolute Gasteiger partial charge is 0.194 e. The van der Waals surface area contributed by atoms with E-state index in [-0.39, 0.29) is 6.04 Å². The van der Waals surface area contributed by atoms with Gasteiger partial charge in [-0.2, -0.15) is 0 Å². The summed E-state index contributed by atoms with van der Waals surface area (Å²) in [6.07, 6.45) is 2.84. The van der Waals surface area contributed by atoms with Gasteiger partial charge in [-0.25, -0.2) is 13.2 Å². The van der Waals surface area contributed by atoms with Gasteiger partial charge in [0.05, 0.1) is 0 Å². The summed E-state index contributed by atoms with van der Waals surface area (Å²) in [5.74, 6) is -3.59. The van der Waals surface area contributed by atoms with Crippen molar-refractivity contribution in [2.24, 2.45) is 0 Å². The van der Waals surface area contributed by atoms with E-state index in [0.717, 1.165) is 57.6 Å². The zero-order valence-electron chi connectivity index (χ0n) is 11.8. The zero-order valence-corrected chi connectivity index (χ0v) is 11.8. The molecule has 0 amide bonds. The number of nitrogens with one attached hydrogen (secondary N) is 1. The molecule has 0 unspecified atom stereocenters. The van der Waals surface area contributed by atoms with E-state index >= 15 is 0 Å². The molecule has 1 heterocycles. The number of unbranched alkanes of at least 4 members (excludes halogenated alkanes) is 1. The highest BCUT2D eigenvalue weighted by atomic mass is 19.2. The number of hydrogen-bond donors (Lipinski definition) is 1. The van der Waals surface area contributed by atoms with Gasteiger partial charge in [0.25, 0.3) is 0 Å². The van der Waals surface area contributed by atoms with Crippen molar-refractivity contribution in [3.63, 3.8) is 0 Å². The molecule has 2 rings (SSSR count). The van der Waals surface area contributed by atoms with Gasteiger partial charge in [0, 0.05) is 32.2 Å². The number of hydrogen-bond acceptors (Lipinski definition) is 2. The largest absolute Gasteiger partial charge is 0.314 e. The number of piperazine rings is 1. The number of nitrogens with zero attached hydrogens (tertiary/aromatic N) is 1. The molecule has 112 valence electrons. The quantitative estimate of drug-likeness (QED) is 0.836. The lowest BCUT2D eigenvalue weighted by molar-refractivity contribution is 0.162. The third-order valence-electron chi connectivity index (χ3n) is 3.81. The summed E-state index contributed by atoms with van der Waals surface area (Å²) in [6.45, 7) is 5.51. The Bertz CT molecular complexity index is 422. The van der Waals surface area contributed by atoms with E-state index in [9.17, 15) is 13.2 Å². The second kappa shape index (κ2) is 7.09. The molecule has 1 aromatic rings. The van der Waals surface area contributed by atoms with Gasteiger partial charge in [0.15, 0.2) is 17.5 Å². The molecule has 0 radical (unpaired) electrons. The maximum absolute atomic E-state index is 13.4. The van der Waals surface area contributed by atoms with Gasteiger partial charge < -0.3 is 5.32 Å². The Balaban J connectivity index is 2.25. The third kappa shape index (κ3) is 3.52. The fourth-order valence-electron chi connectivity index (χ4n) is 2.72. The van der Waals surface area contributed by atoms with E-state index in [1.165, 1.54) is 0 Å². The molecule has 0 saturated carbocycles. The van der Waals surface area contributed by atoms with E-state index in [0.29, 0.717) is 5.56 Å².